The third-order valence-electron chi connectivity index (χ3n) is 3.19. The van der Waals surface area contributed by atoms with Gasteiger partial charge in [-0.15, -0.1) is 11.3 Å². The Kier molecular flexibility index (Phi) is 4.80. The maximum absolute atomic E-state index is 13.1. The number of nitrogens with one attached hydrogen (secondary N) is 1. The number of hydrogen-bond acceptors (Lipinski definition) is 5. The molecule has 0 bridgehead atoms. The Bertz CT molecular complexity index is 802. The first kappa shape index (κ1) is 15.8. The summed E-state index contributed by atoms with van der Waals surface area (Å²) in [5.41, 5.74) is 1.41. The maximum Gasteiger partial charge on any atom is 0.263 e. The van der Waals surface area contributed by atoms with Crippen molar-refractivity contribution in [1.29, 1.82) is 0 Å². The van der Waals surface area contributed by atoms with Gasteiger partial charge in [0.2, 0.25) is 0 Å². The van der Waals surface area contributed by atoms with E-state index >= 15 is 0 Å². The van der Waals surface area contributed by atoms with Gasteiger partial charge in [-0.1, -0.05) is 12.1 Å². The van der Waals surface area contributed by atoms with E-state index in [2.05, 4.69) is 10.3 Å². The monoisotopic (exact) mass is 348 g/mol. The number of aromatic nitrogens is 1. The summed E-state index contributed by atoms with van der Waals surface area (Å²) in [5, 5.41) is 17.3. The fourth-order valence-corrected chi connectivity index (χ4v) is 3.55. The highest BCUT2D eigenvalue weighted by Crippen LogP contribution is 2.26. The van der Waals surface area contributed by atoms with Crippen LogP contribution in [0.15, 0.2) is 47.3 Å². The van der Waals surface area contributed by atoms with E-state index < -0.39 is 11.9 Å². The summed E-state index contributed by atoms with van der Waals surface area (Å²) in [4.78, 5) is 16.8. The van der Waals surface area contributed by atoms with Gasteiger partial charge in [-0.3, -0.25) is 4.79 Å². The van der Waals surface area contributed by atoms with Crippen LogP contribution in [0.2, 0.25) is 0 Å². The van der Waals surface area contributed by atoms with Crippen LogP contribution in [0.4, 0.5) is 4.39 Å². The lowest BCUT2D eigenvalue weighted by molar-refractivity contribution is 0.0920. The molecule has 3 aromatic rings. The Balaban J connectivity index is 1.61. The van der Waals surface area contributed by atoms with Crippen molar-refractivity contribution in [2.75, 3.05) is 6.54 Å². The van der Waals surface area contributed by atoms with Crippen LogP contribution in [0, 0.1) is 5.82 Å². The van der Waals surface area contributed by atoms with Gasteiger partial charge in [0, 0.05) is 17.5 Å². The number of carbonyl (C=O) groups is 1. The van der Waals surface area contributed by atoms with E-state index in [1.54, 1.807) is 17.4 Å². The van der Waals surface area contributed by atoms with E-state index in [4.69, 9.17) is 0 Å². The SMILES string of the molecule is O=C(NCC(O)c1cccc(F)c1)c1cnc(-c2ccsc2)s1. The molecule has 1 unspecified atom stereocenters. The van der Waals surface area contributed by atoms with E-state index in [-0.39, 0.29) is 12.5 Å². The zero-order chi connectivity index (χ0) is 16.2. The molecular weight excluding hydrogens is 335 g/mol. The Morgan fingerprint density at radius 1 is 1.39 bits per heavy atom. The third kappa shape index (κ3) is 3.82. The van der Waals surface area contributed by atoms with Gasteiger partial charge in [-0.25, -0.2) is 9.37 Å². The lowest BCUT2D eigenvalue weighted by Gasteiger charge is -2.11. The van der Waals surface area contributed by atoms with Crippen molar-refractivity contribution in [3.05, 3.63) is 63.5 Å². The second-order valence-electron chi connectivity index (χ2n) is 4.82. The van der Waals surface area contributed by atoms with E-state index in [0.717, 1.165) is 10.6 Å². The molecule has 0 saturated heterocycles. The summed E-state index contributed by atoms with van der Waals surface area (Å²) in [6.45, 7) is 0.00791. The first-order valence-corrected chi connectivity index (χ1v) is 8.59. The van der Waals surface area contributed by atoms with Gasteiger partial charge in [0.05, 0.1) is 12.3 Å². The molecule has 1 aromatic carbocycles. The Hall–Kier alpha value is -2.09. The maximum atomic E-state index is 13.1. The predicted octanol–water partition coefficient (Wildman–Crippen LogP) is 3.47. The highest BCUT2D eigenvalue weighted by atomic mass is 32.1. The first-order chi connectivity index (χ1) is 11.1. The highest BCUT2D eigenvalue weighted by molar-refractivity contribution is 7.17. The first-order valence-electron chi connectivity index (χ1n) is 6.83. The van der Waals surface area contributed by atoms with Crippen molar-refractivity contribution >= 4 is 28.6 Å². The van der Waals surface area contributed by atoms with E-state index in [0.29, 0.717) is 10.4 Å². The van der Waals surface area contributed by atoms with Gasteiger partial charge in [0.15, 0.2) is 0 Å². The minimum Gasteiger partial charge on any atom is -0.387 e. The topological polar surface area (TPSA) is 62.2 Å². The molecule has 0 saturated carbocycles. The molecule has 23 heavy (non-hydrogen) atoms. The van der Waals surface area contributed by atoms with Gasteiger partial charge >= 0.3 is 0 Å². The van der Waals surface area contributed by atoms with E-state index in [9.17, 15) is 14.3 Å². The summed E-state index contributed by atoms with van der Waals surface area (Å²) >= 11 is 2.86. The molecule has 118 valence electrons. The Morgan fingerprint density at radius 2 is 2.26 bits per heavy atom. The number of carbonyl (C=O) groups excluding carboxylic acids is 1. The standard InChI is InChI=1S/C16H13FN2O2S2/c17-12-3-1-2-10(6-12)13(20)7-18-15(21)14-8-19-16(23-14)11-4-5-22-9-11/h1-6,8-9,13,20H,7H2,(H,18,21). The largest absolute Gasteiger partial charge is 0.387 e. The number of thiophene rings is 1. The molecule has 4 nitrogen and oxygen atoms in total. The minimum absolute atomic E-state index is 0.00791. The third-order valence-corrected chi connectivity index (χ3v) is 4.92. The smallest absolute Gasteiger partial charge is 0.263 e. The molecule has 0 spiro atoms. The quantitative estimate of drug-likeness (QED) is 0.742. The second-order valence-corrected chi connectivity index (χ2v) is 6.63. The Morgan fingerprint density at radius 3 is 3.00 bits per heavy atom. The second kappa shape index (κ2) is 6.99. The molecular formula is C16H13FN2O2S2. The number of nitrogens with zero attached hydrogens (tertiary/aromatic N) is 1. The van der Waals surface area contributed by atoms with Crippen LogP contribution in [0.25, 0.3) is 10.6 Å². The number of amides is 1. The lowest BCUT2D eigenvalue weighted by Crippen LogP contribution is -2.27. The fourth-order valence-electron chi connectivity index (χ4n) is 2.01. The summed E-state index contributed by atoms with van der Waals surface area (Å²) in [7, 11) is 0. The molecule has 1 amide bonds. The van der Waals surface area contributed by atoms with Crippen LogP contribution in [-0.4, -0.2) is 22.5 Å². The molecule has 2 aromatic heterocycles. The number of aliphatic hydroxyl groups excluding tert-OH is 1. The average Bonchev–Trinajstić information content (AvgIpc) is 3.22. The number of hydrogen-bond donors (Lipinski definition) is 2. The fraction of sp³-hybridized carbons (Fsp3) is 0.125. The van der Waals surface area contributed by atoms with Gasteiger partial charge < -0.3 is 10.4 Å². The van der Waals surface area contributed by atoms with Gasteiger partial charge in [-0.2, -0.15) is 11.3 Å². The van der Waals surface area contributed by atoms with Gasteiger partial charge in [-0.05, 0) is 29.1 Å². The number of benzene rings is 1. The molecule has 0 radical (unpaired) electrons. The van der Waals surface area contributed by atoms with Crippen LogP contribution in [0.3, 0.4) is 0 Å². The summed E-state index contributed by atoms with van der Waals surface area (Å²) in [6, 6.07) is 7.63. The van der Waals surface area contributed by atoms with Crippen LogP contribution >= 0.6 is 22.7 Å². The molecule has 3 rings (SSSR count). The number of thiazole rings is 1. The van der Waals surface area contributed by atoms with Crippen molar-refractivity contribution in [3.63, 3.8) is 0 Å². The summed E-state index contributed by atoms with van der Waals surface area (Å²) in [6.07, 6.45) is 0.556. The number of halogens is 1. The van der Waals surface area contributed by atoms with Crippen molar-refractivity contribution in [3.8, 4) is 10.6 Å². The highest BCUT2D eigenvalue weighted by Gasteiger charge is 2.14. The van der Waals surface area contributed by atoms with Crippen LogP contribution < -0.4 is 5.32 Å². The molecule has 1 atom stereocenters. The van der Waals surface area contributed by atoms with Crippen LogP contribution in [0.5, 0.6) is 0 Å². The minimum atomic E-state index is -0.959. The average molecular weight is 348 g/mol. The zero-order valence-corrected chi connectivity index (χ0v) is 13.5. The summed E-state index contributed by atoms with van der Waals surface area (Å²) in [5.74, 6) is -0.727. The van der Waals surface area contributed by atoms with Crippen molar-refractivity contribution < 1.29 is 14.3 Å². The molecule has 2 heterocycles. The predicted molar refractivity (Wildman–Crippen MR) is 89.1 cm³/mol. The number of aliphatic hydroxyl groups is 1. The van der Waals surface area contributed by atoms with E-state index in [1.165, 1.54) is 35.7 Å². The van der Waals surface area contributed by atoms with Crippen LogP contribution in [-0.2, 0) is 0 Å². The van der Waals surface area contributed by atoms with Gasteiger partial charge in [0.25, 0.3) is 5.91 Å². The molecule has 0 aliphatic carbocycles. The number of rotatable bonds is 5. The molecule has 0 fully saturated rings. The lowest BCUT2D eigenvalue weighted by atomic mass is 10.1. The Labute approximate surface area is 140 Å². The molecule has 0 aliphatic heterocycles. The van der Waals surface area contributed by atoms with Crippen molar-refractivity contribution in [2.24, 2.45) is 0 Å². The molecule has 0 aliphatic rings. The van der Waals surface area contributed by atoms with Crippen molar-refractivity contribution in [2.45, 2.75) is 6.10 Å². The molecule has 7 heteroatoms. The summed E-state index contributed by atoms with van der Waals surface area (Å²) < 4.78 is 13.1. The van der Waals surface area contributed by atoms with E-state index in [1.807, 2.05) is 16.8 Å². The van der Waals surface area contributed by atoms with Crippen molar-refractivity contribution in [1.82, 2.24) is 10.3 Å². The molecule has 2 N–H and O–H groups in total. The zero-order valence-electron chi connectivity index (χ0n) is 11.9. The van der Waals surface area contributed by atoms with Gasteiger partial charge in [0.1, 0.15) is 15.7 Å². The normalized spacial score (nSPS) is 12.1. The van der Waals surface area contributed by atoms with Crippen LogP contribution in [0.1, 0.15) is 21.3 Å².